The maximum Gasteiger partial charge on any atom is 0.407 e. The number of nitrogens with zero attached hydrogens (tertiary/aromatic N) is 2. The Morgan fingerprint density at radius 1 is 1.08 bits per heavy atom. The van der Waals surface area contributed by atoms with Gasteiger partial charge in [0.1, 0.15) is 6.54 Å². The van der Waals surface area contributed by atoms with Crippen LogP contribution < -0.4 is 0 Å². The van der Waals surface area contributed by atoms with Crippen LogP contribution in [0.2, 0.25) is 0 Å². The molecule has 0 aliphatic rings. The quantitative estimate of drug-likeness (QED) is 0.640. The molecular formula is C14H19F3N2O5S2. The van der Waals surface area contributed by atoms with Gasteiger partial charge in [-0.3, -0.25) is 4.79 Å². The van der Waals surface area contributed by atoms with Gasteiger partial charge in [-0.15, -0.1) is 0 Å². The third-order valence-corrected chi connectivity index (χ3v) is 6.95. The maximum atomic E-state index is 12.7. The van der Waals surface area contributed by atoms with Gasteiger partial charge in [-0.05, 0) is 18.6 Å². The molecule has 1 rings (SSSR count). The van der Waals surface area contributed by atoms with Gasteiger partial charge in [0, 0.05) is 7.05 Å². The molecule has 0 unspecified atom stereocenters. The van der Waals surface area contributed by atoms with Gasteiger partial charge < -0.3 is 0 Å². The lowest BCUT2D eigenvalue weighted by Gasteiger charge is -2.25. The molecule has 0 aliphatic carbocycles. The van der Waals surface area contributed by atoms with E-state index in [1.54, 1.807) is 6.07 Å². The van der Waals surface area contributed by atoms with Crippen molar-refractivity contribution >= 4 is 26.0 Å². The molecule has 0 atom stereocenters. The van der Waals surface area contributed by atoms with Crippen LogP contribution in [0, 0.1) is 0 Å². The van der Waals surface area contributed by atoms with Crippen molar-refractivity contribution in [3.05, 3.63) is 30.3 Å². The lowest BCUT2D eigenvalue weighted by molar-refractivity contribution is -0.151. The van der Waals surface area contributed by atoms with Gasteiger partial charge in [-0.25, -0.2) is 21.1 Å². The second kappa shape index (κ2) is 8.35. The van der Waals surface area contributed by atoms with Crippen LogP contribution in [0.4, 0.5) is 13.2 Å². The van der Waals surface area contributed by atoms with E-state index in [0.29, 0.717) is 4.31 Å². The third-order valence-electron chi connectivity index (χ3n) is 3.21. The monoisotopic (exact) mass is 416 g/mol. The van der Waals surface area contributed by atoms with Crippen molar-refractivity contribution in [2.45, 2.75) is 24.4 Å². The van der Waals surface area contributed by atoms with Crippen molar-refractivity contribution in [3.63, 3.8) is 0 Å². The van der Waals surface area contributed by atoms with Gasteiger partial charge in [0.2, 0.25) is 20.0 Å². The Morgan fingerprint density at radius 3 is 2.08 bits per heavy atom. The summed E-state index contributed by atoms with van der Waals surface area (Å²) in [6.45, 7) is -1.62. The molecule has 0 radical (unpaired) electrons. The molecule has 0 spiro atoms. The number of halogens is 3. The number of carbonyl (C=O) groups excluding carboxylic acids is 1. The first kappa shape index (κ1) is 22.4. The standard InChI is InChI=1S/C14H19F3N2O5S2/c1-3-9-25(21,22)19(11-14(15,16)17)13(20)10-18(2)26(23,24)12-7-5-4-6-8-12/h4-8H,3,9-11H2,1-2H3. The molecule has 0 aliphatic heterocycles. The molecule has 1 aromatic rings. The van der Waals surface area contributed by atoms with Crippen LogP contribution in [0.25, 0.3) is 0 Å². The van der Waals surface area contributed by atoms with Crippen LogP contribution in [0.3, 0.4) is 0 Å². The number of likely N-dealkylation sites (N-methyl/N-ethyl adjacent to an activating group) is 1. The number of benzene rings is 1. The summed E-state index contributed by atoms with van der Waals surface area (Å²) in [4.78, 5) is 12.0. The Bertz CT molecular complexity index is 824. The number of sulfonamides is 2. The van der Waals surface area contributed by atoms with Gasteiger partial charge in [0.05, 0.1) is 17.2 Å². The zero-order chi connectivity index (χ0) is 20.2. The minimum atomic E-state index is -4.95. The van der Waals surface area contributed by atoms with E-state index in [1.165, 1.54) is 31.2 Å². The first-order valence-electron chi connectivity index (χ1n) is 7.42. The van der Waals surface area contributed by atoms with E-state index in [4.69, 9.17) is 0 Å². The summed E-state index contributed by atoms with van der Waals surface area (Å²) in [5.74, 6) is -2.14. The number of carbonyl (C=O) groups is 1. The second-order valence-electron chi connectivity index (χ2n) is 5.41. The first-order chi connectivity index (χ1) is 11.8. The lowest BCUT2D eigenvalue weighted by atomic mass is 10.4. The fraction of sp³-hybridized carbons (Fsp3) is 0.500. The van der Waals surface area contributed by atoms with Gasteiger partial charge in [-0.2, -0.15) is 17.5 Å². The summed E-state index contributed by atoms with van der Waals surface area (Å²) in [5, 5.41) is 0. The van der Waals surface area contributed by atoms with Crippen LogP contribution in [-0.2, 0) is 24.8 Å². The molecule has 1 aromatic carbocycles. The molecular weight excluding hydrogens is 397 g/mol. The summed E-state index contributed by atoms with van der Waals surface area (Å²) in [6.07, 6.45) is -4.95. The Morgan fingerprint density at radius 2 is 1.62 bits per heavy atom. The fourth-order valence-electron chi connectivity index (χ4n) is 2.00. The highest BCUT2D eigenvalue weighted by atomic mass is 32.2. The smallest absolute Gasteiger partial charge is 0.272 e. The van der Waals surface area contributed by atoms with E-state index >= 15 is 0 Å². The molecule has 1 amide bonds. The minimum Gasteiger partial charge on any atom is -0.272 e. The molecule has 0 heterocycles. The van der Waals surface area contributed by atoms with E-state index in [0.717, 1.165) is 7.05 Å². The molecule has 0 aromatic heterocycles. The van der Waals surface area contributed by atoms with Crippen molar-refractivity contribution < 1.29 is 34.8 Å². The second-order valence-corrected chi connectivity index (χ2v) is 9.46. The van der Waals surface area contributed by atoms with E-state index in [2.05, 4.69) is 0 Å². The average Bonchev–Trinajstić information content (AvgIpc) is 2.52. The SMILES string of the molecule is CCCS(=O)(=O)N(CC(F)(F)F)C(=O)CN(C)S(=O)(=O)c1ccccc1. The molecule has 0 saturated carbocycles. The van der Waals surface area contributed by atoms with E-state index in [1.807, 2.05) is 0 Å². The summed E-state index contributed by atoms with van der Waals surface area (Å²) in [6, 6.07) is 6.93. The summed E-state index contributed by atoms with van der Waals surface area (Å²) in [7, 11) is -7.69. The molecule has 12 heteroatoms. The predicted octanol–water partition coefficient (Wildman–Crippen LogP) is 1.44. The zero-order valence-corrected chi connectivity index (χ0v) is 15.7. The van der Waals surface area contributed by atoms with Crippen LogP contribution in [0.5, 0.6) is 0 Å². The van der Waals surface area contributed by atoms with Crippen molar-refractivity contribution in [2.75, 3.05) is 25.9 Å². The number of amides is 1. The van der Waals surface area contributed by atoms with Crippen molar-refractivity contribution in [2.24, 2.45) is 0 Å². The van der Waals surface area contributed by atoms with Crippen LogP contribution >= 0.6 is 0 Å². The molecule has 0 bridgehead atoms. The van der Waals surface area contributed by atoms with Crippen molar-refractivity contribution in [1.82, 2.24) is 8.61 Å². The minimum absolute atomic E-state index is 0.00211. The molecule has 148 valence electrons. The number of rotatable bonds is 8. The zero-order valence-electron chi connectivity index (χ0n) is 14.1. The highest BCUT2D eigenvalue weighted by Crippen LogP contribution is 2.20. The molecule has 0 saturated heterocycles. The lowest BCUT2D eigenvalue weighted by Crippen LogP contribution is -2.48. The Labute approximate surface area is 150 Å². The van der Waals surface area contributed by atoms with Crippen LogP contribution in [-0.4, -0.2) is 63.4 Å². The van der Waals surface area contributed by atoms with Gasteiger partial charge in [-0.1, -0.05) is 25.1 Å². The van der Waals surface area contributed by atoms with E-state index in [-0.39, 0.29) is 15.6 Å². The van der Waals surface area contributed by atoms with Gasteiger partial charge in [0.25, 0.3) is 5.91 Å². The average molecular weight is 416 g/mol. The number of hydrogen-bond donors (Lipinski definition) is 0. The summed E-state index contributed by atoms with van der Waals surface area (Å²) in [5.41, 5.74) is 0. The van der Waals surface area contributed by atoms with Crippen LogP contribution in [0.1, 0.15) is 13.3 Å². The maximum absolute atomic E-state index is 12.7. The summed E-state index contributed by atoms with van der Waals surface area (Å²) < 4.78 is 86.9. The van der Waals surface area contributed by atoms with Gasteiger partial charge in [0.15, 0.2) is 0 Å². The summed E-state index contributed by atoms with van der Waals surface area (Å²) >= 11 is 0. The topological polar surface area (TPSA) is 91.8 Å². The van der Waals surface area contributed by atoms with Gasteiger partial charge >= 0.3 is 6.18 Å². The Balaban J connectivity index is 3.09. The molecule has 7 nitrogen and oxygen atoms in total. The third kappa shape index (κ3) is 5.95. The first-order valence-corrected chi connectivity index (χ1v) is 10.5. The Hall–Kier alpha value is -1.66. The Kier molecular flexibility index (Phi) is 7.19. The van der Waals surface area contributed by atoms with E-state index in [9.17, 15) is 34.8 Å². The van der Waals surface area contributed by atoms with Crippen molar-refractivity contribution in [3.8, 4) is 0 Å². The van der Waals surface area contributed by atoms with Crippen LogP contribution in [0.15, 0.2) is 35.2 Å². The number of alkyl halides is 3. The molecule has 0 fully saturated rings. The highest BCUT2D eigenvalue weighted by molar-refractivity contribution is 7.89. The predicted molar refractivity (Wildman–Crippen MR) is 88.1 cm³/mol. The highest BCUT2D eigenvalue weighted by Gasteiger charge is 2.39. The molecule has 0 N–H and O–H groups in total. The number of hydrogen-bond acceptors (Lipinski definition) is 5. The fourth-order valence-corrected chi connectivity index (χ4v) is 4.59. The van der Waals surface area contributed by atoms with Crippen molar-refractivity contribution in [1.29, 1.82) is 0 Å². The molecule has 26 heavy (non-hydrogen) atoms. The largest absolute Gasteiger partial charge is 0.407 e. The normalized spacial score (nSPS) is 13.0. The van der Waals surface area contributed by atoms with E-state index < -0.39 is 51.0 Å².